The van der Waals surface area contributed by atoms with E-state index < -0.39 is 48.3 Å². The van der Waals surface area contributed by atoms with Gasteiger partial charge in [-0.1, -0.05) is 0 Å². The van der Waals surface area contributed by atoms with E-state index in [-0.39, 0.29) is 68.1 Å². The number of carboxylic acid groups (broad SMARTS) is 1. The van der Waals surface area contributed by atoms with Crippen molar-refractivity contribution in [1.82, 2.24) is 30.2 Å². The SMILES string of the molecule is Cc1cc(-c2ccc(C(=O)N3CCC(O)(C(F)(F)F)CC3)cn2)cc2cc(CCC(=O)/C=C/c3ccc(N)nc3)oc12.Cc1cc(-c2ccc(C(=O)O)cn2)cc2cc(CCC(=O)/C=C/c3ccc(N)nc3)oc12.OC1(C(F)(F)F)CCNCC1. The Morgan fingerprint density at radius 2 is 1.04 bits per heavy atom. The van der Waals surface area contributed by atoms with E-state index in [0.717, 1.165) is 55.5 Å². The number of nitrogens with one attached hydrogen (secondary N) is 1. The first kappa shape index (κ1) is 62.0. The van der Waals surface area contributed by atoms with Crippen molar-refractivity contribution in [3.05, 3.63) is 167 Å². The molecule has 0 aliphatic carbocycles. The Morgan fingerprint density at radius 3 is 1.41 bits per heavy atom. The summed E-state index contributed by atoms with van der Waals surface area (Å²) < 4.78 is 87.4. The molecule has 0 spiro atoms. The number of piperidine rings is 2. The number of benzene rings is 2. The molecule has 8 heterocycles. The standard InChI is InChI=1S/C31H29F3N4O4.C25H21N3O4.C6H10F3NO/c1-19-14-22(26-8-4-21(18-36-26)29(40)38-12-10-30(41,11-13-38)31(32,33)34)15-23-16-25(42-28(19)23)7-6-24(39)5-2-20-3-9-27(35)37-17-20;1-15-10-18(22-8-4-17(14-27-22)25(30)31)11-19-12-21(32-24(15)19)7-6-20(29)5-2-16-3-9-23(26)28-13-16;7-6(8,9)5(11)1-3-10-4-2-5/h2-5,8-9,14-18,41H,6-7,10-13H2,1H3,(H2,35,37);2-5,8-14H,6-7H2,1H3,(H2,26,28)(H,30,31);10-11H,1-4H2/b2*5-2+;. The number of hydrogen-bond acceptors (Lipinski definition) is 15. The molecule has 8 N–H and O–H groups in total. The fourth-order valence-electron chi connectivity index (χ4n) is 9.43. The highest BCUT2D eigenvalue weighted by Crippen LogP contribution is 2.39. The number of nitrogens with zero attached hydrogens (tertiary/aromatic N) is 5. The number of aliphatic hydroxyl groups is 2. The summed E-state index contributed by atoms with van der Waals surface area (Å²) in [5.41, 5.74) is 14.2. The van der Waals surface area contributed by atoms with Crippen LogP contribution in [0.5, 0.6) is 0 Å². The van der Waals surface area contributed by atoms with Crippen LogP contribution in [0.3, 0.4) is 0 Å². The van der Waals surface area contributed by atoms with E-state index in [4.69, 9.17) is 30.5 Å². The van der Waals surface area contributed by atoms with Gasteiger partial charge in [-0.25, -0.2) is 14.8 Å². The van der Waals surface area contributed by atoms with Gasteiger partial charge in [-0.3, -0.25) is 24.4 Å². The molecule has 85 heavy (non-hydrogen) atoms. The molecule has 0 bridgehead atoms. The number of aromatic carboxylic acids is 1. The van der Waals surface area contributed by atoms with Gasteiger partial charge in [0.1, 0.15) is 34.3 Å². The van der Waals surface area contributed by atoms with E-state index >= 15 is 0 Å². The van der Waals surface area contributed by atoms with E-state index in [1.54, 1.807) is 67.0 Å². The third-order valence-corrected chi connectivity index (χ3v) is 14.5. The fraction of sp³-hybridized carbons (Fsp3) is 0.290. The Bertz CT molecular complexity index is 3730. The smallest absolute Gasteiger partial charge is 0.417 e. The van der Waals surface area contributed by atoms with Gasteiger partial charge in [-0.05, 0) is 171 Å². The number of ketones is 2. The summed E-state index contributed by atoms with van der Waals surface area (Å²) in [5, 5.41) is 32.5. The number of hydrogen-bond donors (Lipinski definition) is 6. The second-order valence-corrected chi connectivity index (χ2v) is 20.8. The Labute approximate surface area is 483 Å². The minimum Gasteiger partial charge on any atom is -0.478 e. The topological polar surface area (TPSA) is 274 Å². The average Bonchev–Trinajstić information content (AvgIpc) is 3.63. The minimum atomic E-state index is -4.73. The third kappa shape index (κ3) is 15.8. The normalized spacial score (nSPS) is 15.1. The predicted octanol–water partition coefficient (Wildman–Crippen LogP) is 10.9. The third-order valence-electron chi connectivity index (χ3n) is 14.5. The number of fused-ring (bicyclic) bond motifs is 2. The van der Waals surface area contributed by atoms with Gasteiger partial charge in [0.2, 0.25) is 0 Å². The van der Waals surface area contributed by atoms with E-state index in [2.05, 4.69) is 25.3 Å². The number of allylic oxidation sites excluding steroid dienone is 2. The molecule has 2 saturated heterocycles. The number of carboxylic acids is 1. The van der Waals surface area contributed by atoms with Crippen LogP contribution in [0.25, 0.3) is 56.6 Å². The number of amides is 1. The molecule has 8 aromatic rings. The Morgan fingerprint density at radius 1 is 0.600 bits per heavy atom. The van der Waals surface area contributed by atoms with Gasteiger partial charge in [-0.2, -0.15) is 26.3 Å². The number of nitrogen functional groups attached to an aromatic ring is 2. The summed E-state index contributed by atoms with van der Waals surface area (Å²) in [6, 6.07) is 25.0. The van der Waals surface area contributed by atoms with Gasteiger partial charge in [0, 0.05) is 98.3 Å². The van der Waals surface area contributed by atoms with Crippen LogP contribution in [-0.4, -0.2) is 113 Å². The second kappa shape index (κ2) is 26.2. The zero-order chi connectivity index (χ0) is 61.3. The number of likely N-dealkylation sites (tertiary alicyclic amines) is 1. The number of nitrogens with two attached hydrogens (primary N) is 2. The zero-order valence-electron chi connectivity index (χ0n) is 46.1. The Balaban J connectivity index is 0.000000192. The molecule has 6 aromatic heterocycles. The van der Waals surface area contributed by atoms with Crippen molar-refractivity contribution in [1.29, 1.82) is 0 Å². The number of alkyl halides is 6. The van der Waals surface area contributed by atoms with Gasteiger partial charge in [0.05, 0.1) is 22.5 Å². The number of carbonyl (C=O) groups excluding carboxylic acids is 3. The van der Waals surface area contributed by atoms with Crippen LogP contribution in [0, 0.1) is 13.8 Å². The molecule has 10 rings (SSSR count). The van der Waals surface area contributed by atoms with Crippen molar-refractivity contribution >= 4 is 69.2 Å². The number of rotatable bonds is 14. The number of carbonyl (C=O) groups is 4. The van der Waals surface area contributed by atoms with Crippen LogP contribution < -0.4 is 16.8 Å². The van der Waals surface area contributed by atoms with Crippen molar-refractivity contribution in [2.75, 3.05) is 37.6 Å². The Hall–Kier alpha value is -9.06. The quantitative estimate of drug-likeness (QED) is 0.0436. The number of aryl methyl sites for hydroxylation is 4. The first-order valence-corrected chi connectivity index (χ1v) is 26.9. The average molecular weight is 1180 g/mol. The van der Waals surface area contributed by atoms with E-state index in [1.165, 1.54) is 35.5 Å². The molecular formula is C62H60F6N8O9. The lowest BCUT2D eigenvalue weighted by atomic mass is 9.90. The maximum Gasteiger partial charge on any atom is 0.417 e. The van der Waals surface area contributed by atoms with Gasteiger partial charge in [-0.15, -0.1) is 0 Å². The number of furan rings is 2. The first-order chi connectivity index (χ1) is 40.3. The van der Waals surface area contributed by atoms with Gasteiger partial charge >= 0.3 is 18.3 Å². The number of anilines is 2. The summed E-state index contributed by atoms with van der Waals surface area (Å²) in [4.78, 5) is 66.4. The summed E-state index contributed by atoms with van der Waals surface area (Å²) in [6.07, 6.45) is 3.10. The molecule has 0 saturated carbocycles. The van der Waals surface area contributed by atoms with Crippen molar-refractivity contribution in [2.45, 2.75) is 88.8 Å². The van der Waals surface area contributed by atoms with Crippen molar-refractivity contribution in [2.24, 2.45) is 0 Å². The van der Waals surface area contributed by atoms with Crippen LogP contribution in [0.15, 0.2) is 131 Å². The molecule has 2 aliphatic rings. The van der Waals surface area contributed by atoms with E-state index in [0.29, 0.717) is 53.6 Å². The highest BCUT2D eigenvalue weighted by molar-refractivity contribution is 5.96. The van der Waals surface area contributed by atoms with E-state index in [9.17, 15) is 50.6 Å². The van der Waals surface area contributed by atoms with Gasteiger partial charge in [0.15, 0.2) is 22.8 Å². The molecule has 2 fully saturated rings. The van der Waals surface area contributed by atoms with Crippen LogP contribution in [0.1, 0.15) is 93.0 Å². The number of pyridine rings is 4. The molecule has 23 heteroatoms. The molecule has 0 atom stereocenters. The first-order valence-electron chi connectivity index (χ1n) is 26.9. The molecule has 0 unspecified atom stereocenters. The largest absolute Gasteiger partial charge is 0.478 e. The van der Waals surface area contributed by atoms with Crippen molar-refractivity contribution in [3.8, 4) is 22.5 Å². The number of aromatic nitrogens is 4. The van der Waals surface area contributed by atoms with Crippen LogP contribution in [-0.2, 0) is 22.4 Å². The van der Waals surface area contributed by atoms with Crippen molar-refractivity contribution < 1.29 is 69.7 Å². The lowest BCUT2D eigenvalue weighted by Crippen LogP contribution is -2.54. The van der Waals surface area contributed by atoms with Crippen molar-refractivity contribution in [3.63, 3.8) is 0 Å². The van der Waals surface area contributed by atoms with Crippen LogP contribution in [0.2, 0.25) is 0 Å². The lowest BCUT2D eigenvalue weighted by Gasteiger charge is -2.39. The molecule has 1 amide bonds. The Kier molecular flexibility index (Phi) is 19.1. The molecule has 2 aromatic carbocycles. The molecule has 0 radical (unpaired) electrons. The highest BCUT2D eigenvalue weighted by Gasteiger charge is 2.55. The summed E-state index contributed by atoms with van der Waals surface area (Å²) >= 11 is 0. The van der Waals surface area contributed by atoms with Gasteiger partial charge < -0.3 is 45.8 Å². The summed E-state index contributed by atoms with van der Waals surface area (Å²) in [6.45, 7) is 3.92. The summed E-state index contributed by atoms with van der Waals surface area (Å²) in [5.74, 6) is 0.743. The zero-order valence-corrected chi connectivity index (χ0v) is 46.1. The van der Waals surface area contributed by atoms with Gasteiger partial charge in [0.25, 0.3) is 5.91 Å². The lowest BCUT2D eigenvalue weighted by molar-refractivity contribution is -0.271. The fourth-order valence-corrected chi connectivity index (χ4v) is 9.43. The maximum atomic E-state index is 13.1. The van der Waals surface area contributed by atoms with Crippen LogP contribution >= 0.6 is 0 Å². The monoisotopic (exact) mass is 1170 g/mol. The molecule has 444 valence electrons. The molecule has 2 aliphatic heterocycles. The van der Waals surface area contributed by atoms with Crippen LogP contribution in [0.4, 0.5) is 38.0 Å². The highest BCUT2D eigenvalue weighted by atomic mass is 19.4. The number of halogens is 6. The molecule has 17 nitrogen and oxygen atoms in total. The van der Waals surface area contributed by atoms with E-state index in [1.807, 2.05) is 50.2 Å². The second-order valence-electron chi connectivity index (χ2n) is 20.8. The predicted molar refractivity (Wildman–Crippen MR) is 307 cm³/mol. The minimum absolute atomic E-state index is 0.0117. The molecular weight excluding hydrogens is 1110 g/mol. The maximum absolute atomic E-state index is 13.1. The summed E-state index contributed by atoms with van der Waals surface area (Å²) in [7, 11) is 0.